The van der Waals surface area contributed by atoms with Crippen molar-refractivity contribution in [1.82, 2.24) is 0 Å². The lowest BCUT2D eigenvalue weighted by molar-refractivity contribution is -0.0149. The van der Waals surface area contributed by atoms with Crippen LogP contribution in [0, 0.1) is 0 Å². The summed E-state index contributed by atoms with van der Waals surface area (Å²) in [5.41, 5.74) is 3.87. The minimum absolute atomic E-state index is 0.196. The van der Waals surface area contributed by atoms with Crippen molar-refractivity contribution in [2.45, 2.75) is 49.7 Å². The summed E-state index contributed by atoms with van der Waals surface area (Å²) >= 11 is 0. The standard InChI is InChI=1S/C22H28N2O6/c25-11-19-17(27)9-21(29-19)23-15-5-1-13(2-6-15)14-3-7-16(8-4-14)24-22-10-18(28)20(12-26)30-22/h1-8,17-28H,9-12H2/t17-,18-,19-,20+,21-,22-/m0/s1. The third kappa shape index (κ3) is 4.75. The van der Waals surface area contributed by atoms with Gasteiger partial charge in [-0.15, -0.1) is 0 Å². The third-order valence-electron chi connectivity index (χ3n) is 5.57. The molecule has 2 aromatic carbocycles. The number of aliphatic hydroxyl groups excluding tert-OH is 4. The van der Waals surface area contributed by atoms with Gasteiger partial charge in [-0.3, -0.25) is 0 Å². The number of hydrogen-bond donors (Lipinski definition) is 6. The zero-order chi connectivity index (χ0) is 21.1. The molecule has 0 bridgehead atoms. The summed E-state index contributed by atoms with van der Waals surface area (Å²) in [4.78, 5) is 0. The molecule has 6 N–H and O–H groups in total. The first-order valence-electron chi connectivity index (χ1n) is 10.2. The average molecular weight is 416 g/mol. The minimum Gasteiger partial charge on any atom is -0.394 e. The molecule has 2 aliphatic rings. The van der Waals surface area contributed by atoms with E-state index in [9.17, 15) is 20.4 Å². The molecule has 30 heavy (non-hydrogen) atoms. The summed E-state index contributed by atoms with van der Waals surface area (Å²) in [7, 11) is 0. The molecule has 2 aromatic rings. The van der Waals surface area contributed by atoms with E-state index in [2.05, 4.69) is 10.6 Å². The molecular weight excluding hydrogens is 388 g/mol. The van der Waals surface area contributed by atoms with E-state index < -0.39 is 24.4 Å². The number of nitrogens with one attached hydrogen (secondary N) is 2. The third-order valence-corrected chi connectivity index (χ3v) is 5.57. The van der Waals surface area contributed by atoms with Crippen molar-refractivity contribution in [3.05, 3.63) is 48.5 Å². The maximum absolute atomic E-state index is 9.82. The lowest BCUT2D eigenvalue weighted by atomic mass is 10.0. The Morgan fingerprint density at radius 1 is 0.667 bits per heavy atom. The van der Waals surface area contributed by atoms with E-state index in [1.54, 1.807) is 0 Å². The van der Waals surface area contributed by atoms with Crippen LogP contribution in [0.3, 0.4) is 0 Å². The Kier molecular flexibility index (Phi) is 6.52. The van der Waals surface area contributed by atoms with Crippen molar-refractivity contribution in [3.8, 4) is 11.1 Å². The number of aliphatic hydroxyl groups is 4. The Hall–Kier alpha value is -2.20. The summed E-state index contributed by atoms with van der Waals surface area (Å²) in [6, 6.07) is 15.8. The van der Waals surface area contributed by atoms with Crippen molar-refractivity contribution < 1.29 is 29.9 Å². The zero-order valence-corrected chi connectivity index (χ0v) is 16.5. The van der Waals surface area contributed by atoms with Crippen LogP contribution in [0.2, 0.25) is 0 Å². The molecule has 0 spiro atoms. The Morgan fingerprint density at radius 3 is 1.33 bits per heavy atom. The molecule has 8 nitrogen and oxygen atoms in total. The van der Waals surface area contributed by atoms with Crippen molar-refractivity contribution in [3.63, 3.8) is 0 Å². The van der Waals surface area contributed by atoms with Crippen LogP contribution in [0.1, 0.15) is 12.8 Å². The first kappa shape index (κ1) is 21.0. The van der Waals surface area contributed by atoms with E-state index in [0.717, 1.165) is 22.5 Å². The molecule has 2 saturated heterocycles. The van der Waals surface area contributed by atoms with Gasteiger partial charge < -0.3 is 40.5 Å². The molecule has 0 radical (unpaired) electrons. The second kappa shape index (κ2) is 9.30. The zero-order valence-electron chi connectivity index (χ0n) is 16.5. The smallest absolute Gasteiger partial charge is 0.130 e. The molecule has 6 atom stereocenters. The van der Waals surface area contributed by atoms with Gasteiger partial charge in [-0.25, -0.2) is 0 Å². The highest BCUT2D eigenvalue weighted by Crippen LogP contribution is 2.27. The van der Waals surface area contributed by atoms with Crippen LogP contribution in [0.5, 0.6) is 0 Å². The van der Waals surface area contributed by atoms with Crippen LogP contribution in [0.15, 0.2) is 48.5 Å². The highest BCUT2D eigenvalue weighted by molar-refractivity contribution is 5.68. The van der Waals surface area contributed by atoms with Crippen LogP contribution in [-0.2, 0) is 9.47 Å². The van der Waals surface area contributed by atoms with Gasteiger partial charge in [-0.05, 0) is 35.4 Å². The molecular formula is C22H28N2O6. The molecule has 2 aliphatic heterocycles. The highest BCUT2D eigenvalue weighted by Gasteiger charge is 2.34. The van der Waals surface area contributed by atoms with Crippen molar-refractivity contribution in [2.24, 2.45) is 0 Å². The lowest BCUT2D eigenvalue weighted by Gasteiger charge is -2.16. The van der Waals surface area contributed by atoms with Crippen molar-refractivity contribution >= 4 is 11.4 Å². The number of ether oxygens (including phenoxy) is 2. The minimum atomic E-state index is -0.661. The van der Waals surface area contributed by atoms with Crippen LogP contribution >= 0.6 is 0 Å². The average Bonchev–Trinajstić information content (AvgIpc) is 3.30. The van der Waals surface area contributed by atoms with Gasteiger partial charge in [0.15, 0.2) is 0 Å². The second-order valence-corrected chi connectivity index (χ2v) is 7.74. The van der Waals surface area contributed by atoms with Gasteiger partial charge in [-0.1, -0.05) is 24.3 Å². The topological polar surface area (TPSA) is 123 Å². The highest BCUT2D eigenvalue weighted by atomic mass is 16.5. The van der Waals surface area contributed by atoms with Crippen molar-refractivity contribution in [1.29, 1.82) is 0 Å². The van der Waals surface area contributed by atoms with Gasteiger partial charge in [0.25, 0.3) is 0 Å². The molecule has 0 saturated carbocycles. The summed E-state index contributed by atoms with van der Waals surface area (Å²) in [6.07, 6.45) is -2.18. The lowest BCUT2D eigenvalue weighted by Crippen LogP contribution is -2.25. The molecule has 0 aliphatic carbocycles. The molecule has 0 unspecified atom stereocenters. The van der Waals surface area contributed by atoms with E-state index >= 15 is 0 Å². The summed E-state index contributed by atoms with van der Waals surface area (Å²) in [5.74, 6) is 0. The second-order valence-electron chi connectivity index (χ2n) is 7.74. The van der Waals surface area contributed by atoms with E-state index in [0.29, 0.717) is 12.8 Å². The molecule has 2 heterocycles. The molecule has 2 fully saturated rings. The predicted octanol–water partition coefficient (Wildman–Crippen LogP) is 1.11. The SMILES string of the molecule is OC[C@@H]1O[C@H](Nc2ccc(-c3ccc(N[C@@H]4C[C@H](O)[C@@H](CO)O4)cc3)cc2)C[C@@H]1O. The predicted molar refractivity (Wildman–Crippen MR) is 112 cm³/mol. The van der Waals surface area contributed by atoms with Crippen LogP contribution in [-0.4, -0.2) is 70.5 Å². The number of benzene rings is 2. The fourth-order valence-corrected chi connectivity index (χ4v) is 3.86. The van der Waals surface area contributed by atoms with Crippen molar-refractivity contribution in [2.75, 3.05) is 23.8 Å². The van der Waals surface area contributed by atoms with Gasteiger partial charge in [0.1, 0.15) is 24.7 Å². The first-order chi connectivity index (χ1) is 14.6. The summed E-state index contributed by atoms with van der Waals surface area (Å²) in [5, 5.41) is 44.4. The number of hydrogen-bond acceptors (Lipinski definition) is 8. The Morgan fingerprint density at radius 2 is 1.03 bits per heavy atom. The quantitative estimate of drug-likeness (QED) is 0.397. The van der Waals surface area contributed by atoms with E-state index in [-0.39, 0.29) is 25.7 Å². The Labute approximate surface area is 175 Å². The molecule has 162 valence electrons. The van der Waals surface area contributed by atoms with E-state index in [4.69, 9.17) is 9.47 Å². The Bertz CT molecular complexity index is 746. The van der Waals surface area contributed by atoms with Gasteiger partial charge in [0.2, 0.25) is 0 Å². The number of rotatable bonds is 7. The largest absolute Gasteiger partial charge is 0.394 e. The molecule has 0 aromatic heterocycles. The van der Waals surface area contributed by atoms with E-state index in [1.165, 1.54) is 0 Å². The molecule has 8 heteroatoms. The maximum Gasteiger partial charge on any atom is 0.130 e. The normalized spacial score (nSPS) is 31.1. The monoisotopic (exact) mass is 416 g/mol. The summed E-state index contributed by atoms with van der Waals surface area (Å²) in [6.45, 7) is -0.392. The van der Waals surface area contributed by atoms with Crippen LogP contribution < -0.4 is 10.6 Å². The molecule has 0 amide bonds. The van der Waals surface area contributed by atoms with Crippen LogP contribution in [0.4, 0.5) is 11.4 Å². The van der Waals surface area contributed by atoms with Gasteiger partial charge in [-0.2, -0.15) is 0 Å². The fourth-order valence-electron chi connectivity index (χ4n) is 3.86. The Balaban J connectivity index is 1.33. The molecule has 4 rings (SSSR count). The fraction of sp³-hybridized carbons (Fsp3) is 0.455. The van der Waals surface area contributed by atoms with E-state index in [1.807, 2.05) is 48.5 Å². The first-order valence-corrected chi connectivity index (χ1v) is 10.2. The van der Waals surface area contributed by atoms with Gasteiger partial charge in [0.05, 0.1) is 25.4 Å². The van der Waals surface area contributed by atoms with Gasteiger partial charge in [0, 0.05) is 24.2 Å². The van der Waals surface area contributed by atoms with Gasteiger partial charge >= 0.3 is 0 Å². The van der Waals surface area contributed by atoms with Crippen LogP contribution in [0.25, 0.3) is 11.1 Å². The summed E-state index contributed by atoms with van der Waals surface area (Å²) < 4.78 is 11.1. The number of anilines is 2. The maximum atomic E-state index is 9.82.